The molecule has 1 aliphatic rings. The van der Waals surface area contributed by atoms with E-state index in [-0.39, 0.29) is 34.8 Å². The van der Waals surface area contributed by atoms with Gasteiger partial charge in [0, 0.05) is 59.1 Å². The SMILES string of the molecule is COc1ccc2[nH]c(=O)c([C@@H](CC(=O)N3CCOCC3)c3c(O)c(O)c(O)c4c(=O)cc(-c5ccccc5)oc34)cc2c1. The predicted octanol–water partition coefficient (Wildman–Crippen LogP) is 3.81. The van der Waals surface area contributed by atoms with Gasteiger partial charge in [0.05, 0.1) is 20.3 Å². The van der Waals surface area contributed by atoms with Gasteiger partial charge in [-0.2, -0.15) is 0 Å². The van der Waals surface area contributed by atoms with Gasteiger partial charge in [0.2, 0.25) is 11.7 Å². The van der Waals surface area contributed by atoms with Gasteiger partial charge in [-0.3, -0.25) is 14.4 Å². The van der Waals surface area contributed by atoms with Gasteiger partial charge in [-0.1, -0.05) is 30.3 Å². The van der Waals surface area contributed by atoms with E-state index in [0.717, 1.165) is 0 Å². The maximum atomic E-state index is 13.6. The summed E-state index contributed by atoms with van der Waals surface area (Å²) in [6.45, 7) is 1.35. The number of H-pyrrole nitrogens is 1. The molecule has 0 spiro atoms. The minimum absolute atomic E-state index is 0.0665. The molecule has 2 aromatic heterocycles. The summed E-state index contributed by atoms with van der Waals surface area (Å²) >= 11 is 0. The molecule has 3 heterocycles. The highest BCUT2D eigenvalue weighted by Crippen LogP contribution is 2.49. The number of aromatic nitrogens is 1. The van der Waals surface area contributed by atoms with Gasteiger partial charge >= 0.3 is 0 Å². The van der Waals surface area contributed by atoms with Gasteiger partial charge in [0.15, 0.2) is 16.9 Å². The Morgan fingerprint density at radius 2 is 1.72 bits per heavy atom. The monoisotopic (exact) mass is 584 g/mol. The first-order valence-corrected chi connectivity index (χ1v) is 13.6. The van der Waals surface area contributed by atoms with Crippen molar-refractivity contribution in [3.05, 3.63) is 92.4 Å². The number of phenols is 3. The van der Waals surface area contributed by atoms with E-state index >= 15 is 0 Å². The van der Waals surface area contributed by atoms with E-state index in [2.05, 4.69) is 4.98 Å². The fourth-order valence-corrected chi connectivity index (χ4v) is 5.51. The Labute approximate surface area is 244 Å². The fraction of sp³-hybridized carbons (Fsp3) is 0.219. The van der Waals surface area contributed by atoms with E-state index in [1.165, 1.54) is 13.2 Å². The lowest BCUT2D eigenvalue weighted by atomic mass is 9.85. The van der Waals surface area contributed by atoms with Gasteiger partial charge in [-0.15, -0.1) is 0 Å². The first-order valence-electron chi connectivity index (χ1n) is 13.6. The summed E-state index contributed by atoms with van der Waals surface area (Å²) in [5, 5.41) is 33.1. The number of hydrogen-bond donors (Lipinski definition) is 4. The van der Waals surface area contributed by atoms with Crippen LogP contribution in [0.1, 0.15) is 23.5 Å². The van der Waals surface area contributed by atoms with Crippen molar-refractivity contribution in [2.45, 2.75) is 12.3 Å². The van der Waals surface area contributed by atoms with Gasteiger partial charge in [-0.05, 0) is 24.3 Å². The fourth-order valence-electron chi connectivity index (χ4n) is 5.51. The Kier molecular flexibility index (Phi) is 7.24. The number of fused-ring (bicyclic) bond motifs is 2. The van der Waals surface area contributed by atoms with Crippen molar-refractivity contribution in [2.75, 3.05) is 33.4 Å². The third-order valence-corrected chi connectivity index (χ3v) is 7.74. The molecule has 1 fully saturated rings. The zero-order valence-electron chi connectivity index (χ0n) is 23.1. The molecular formula is C32H28N2O9. The van der Waals surface area contributed by atoms with Crippen LogP contribution < -0.4 is 15.7 Å². The number of morpholine rings is 1. The molecule has 0 unspecified atom stereocenters. The first-order chi connectivity index (χ1) is 20.8. The summed E-state index contributed by atoms with van der Waals surface area (Å²) in [4.78, 5) is 45.0. The average Bonchev–Trinajstić information content (AvgIpc) is 3.03. The number of benzene rings is 3. The maximum absolute atomic E-state index is 13.6. The van der Waals surface area contributed by atoms with E-state index in [0.29, 0.717) is 48.5 Å². The summed E-state index contributed by atoms with van der Waals surface area (Å²) in [6, 6.07) is 16.5. The second kappa shape index (κ2) is 11.2. The molecule has 11 heteroatoms. The molecule has 1 aliphatic heterocycles. The number of carbonyl (C=O) groups excluding carboxylic acids is 1. The third-order valence-electron chi connectivity index (χ3n) is 7.74. The lowest BCUT2D eigenvalue weighted by molar-refractivity contribution is -0.135. The zero-order valence-corrected chi connectivity index (χ0v) is 23.1. The highest BCUT2D eigenvalue weighted by molar-refractivity contribution is 5.94. The third kappa shape index (κ3) is 5.04. The van der Waals surface area contributed by atoms with Crippen LogP contribution in [-0.2, 0) is 9.53 Å². The summed E-state index contributed by atoms with van der Waals surface area (Å²) in [7, 11) is 1.51. The van der Waals surface area contributed by atoms with Crippen LogP contribution in [0.15, 0.2) is 74.7 Å². The van der Waals surface area contributed by atoms with E-state index in [1.54, 1.807) is 59.5 Å². The van der Waals surface area contributed by atoms with Gasteiger partial charge in [0.1, 0.15) is 22.5 Å². The number of methoxy groups -OCH3 is 1. The molecule has 0 saturated carbocycles. The smallest absolute Gasteiger partial charge is 0.252 e. The van der Waals surface area contributed by atoms with Crippen LogP contribution in [0.2, 0.25) is 0 Å². The Balaban J connectivity index is 1.65. The lowest BCUT2D eigenvalue weighted by Gasteiger charge is -2.29. The van der Waals surface area contributed by atoms with Gasteiger partial charge < -0.3 is 39.1 Å². The minimum atomic E-state index is -1.21. The van der Waals surface area contributed by atoms with Crippen molar-refractivity contribution in [1.82, 2.24) is 9.88 Å². The van der Waals surface area contributed by atoms with Crippen LogP contribution in [0.4, 0.5) is 0 Å². The molecule has 220 valence electrons. The van der Waals surface area contributed by atoms with Crippen LogP contribution in [0.5, 0.6) is 23.0 Å². The van der Waals surface area contributed by atoms with E-state index < -0.39 is 39.5 Å². The first kappa shape index (κ1) is 27.9. The molecule has 0 radical (unpaired) electrons. The molecule has 1 atom stereocenters. The molecule has 0 aliphatic carbocycles. The van der Waals surface area contributed by atoms with Crippen molar-refractivity contribution in [2.24, 2.45) is 0 Å². The topological polar surface area (TPSA) is 163 Å². The normalized spacial score (nSPS) is 14.2. The summed E-state index contributed by atoms with van der Waals surface area (Å²) in [6.07, 6.45) is -0.329. The second-order valence-corrected chi connectivity index (χ2v) is 10.3. The van der Waals surface area contributed by atoms with Crippen molar-refractivity contribution in [1.29, 1.82) is 0 Å². The Morgan fingerprint density at radius 1 is 0.977 bits per heavy atom. The Morgan fingerprint density at radius 3 is 2.44 bits per heavy atom. The van der Waals surface area contributed by atoms with Crippen LogP contribution in [-0.4, -0.2) is 64.5 Å². The number of nitrogens with zero attached hydrogens (tertiary/aromatic N) is 1. The Bertz CT molecular complexity index is 1980. The van der Waals surface area contributed by atoms with E-state index in [9.17, 15) is 29.7 Å². The number of aromatic hydroxyl groups is 3. The Hall–Kier alpha value is -5.29. The number of hydrogen-bond acceptors (Lipinski definition) is 9. The van der Waals surface area contributed by atoms with Crippen LogP contribution in [0.25, 0.3) is 33.2 Å². The molecule has 1 amide bonds. The minimum Gasteiger partial charge on any atom is -0.504 e. The van der Waals surface area contributed by atoms with E-state index in [1.807, 2.05) is 0 Å². The number of ether oxygens (including phenoxy) is 2. The largest absolute Gasteiger partial charge is 0.504 e. The van der Waals surface area contributed by atoms with Crippen molar-refractivity contribution in [3.63, 3.8) is 0 Å². The quantitative estimate of drug-likeness (QED) is 0.217. The zero-order chi connectivity index (χ0) is 30.2. The molecule has 5 aromatic rings. The molecule has 4 N–H and O–H groups in total. The number of carbonyl (C=O) groups is 1. The molecule has 3 aromatic carbocycles. The lowest BCUT2D eigenvalue weighted by Crippen LogP contribution is -2.41. The van der Waals surface area contributed by atoms with Crippen molar-refractivity contribution >= 4 is 27.8 Å². The predicted molar refractivity (Wildman–Crippen MR) is 158 cm³/mol. The number of nitrogens with one attached hydrogen (secondary N) is 1. The highest BCUT2D eigenvalue weighted by Gasteiger charge is 2.34. The average molecular weight is 585 g/mol. The summed E-state index contributed by atoms with van der Waals surface area (Å²) in [5.74, 6) is -3.56. The standard InChI is InChI=1S/C32H28N2O9/c1-41-19-7-8-22-18(13-19)14-21(32(40)33-22)20(15-25(36)34-9-11-42-12-10-34)26-28(37)30(39)29(38)27-23(35)16-24(43-31(26)27)17-5-3-2-4-6-17/h2-8,13-14,16,20,37-39H,9-12,15H2,1H3,(H,33,40)/t20-/m1/s1. The van der Waals surface area contributed by atoms with Crippen molar-refractivity contribution in [3.8, 4) is 34.3 Å². The van der Waals surface area contributed by atoms with Gasteiger partial charge in [0.25, 0.3) is 5.56 Å². The van der Waals surface area contributed by atoms with Crippen molar-refractivity contribution < 1.29 is 34.0 Å². The highest BCUT2D eigenvalue weighted by atomic mass is 16.5. The number of rotatable bonds is 6. The summed E-state index contributed by atoms with van der Waals surface area (Å²) in [5.41, 5.74) is -0.580. The van der Waals surface area contributed by atoms with Crippen LogP contribution in [0.3, 0.4) is 0 Å². The maximum Gasteiger partial charge on any atom is 0.252 e. The van der Waals surface area contributed by atoms with Gasteiger partial charge in [-0.25, -0.2) is 0 Å². The molecular weight excluding hydrogens is 556 g/mol. The number of aromatic amines is 1. The molecule has 6 rings (SSSR count). The molecule has 43 heavy (non-hydrogen) atoms. The second-order valence-electron chi connectivity index (χ2n) is 10.3. The number of phenolic OH excluding ortho intramolecular Hbond substituents is 3. The summed E-state index contributed by atoms with van der Waals surface area (Å²) < 4.78 is 16.9. The van der Waals surface area contributed by atoms with Crippen LogP contribution in [0, 0.1) is 0 Å². The van der Waals surface area contributed by atoms with Crippen LogP contribution >= 0.6 is 0 Å². The number of amides is 1. The molecule has 1 saturated heterocycles. The molecule has 11 nitrogen and oxygen atoms in total. The van der Waals surface area contributed by atoms with E-state index in [4.69, 9.17) is 13.9 Å². The molecule has 0 bridgehead atoms. The number of pyridine rings is 1.